The number of nitrogens with zero attached hydrogens (tertiary/aromatic N) is 2. The lowest BCUT2D eigenvalue weighted by molar-refractivity contribution is -0.384. The Kier molecular flexibility index (Phi) is 6.96. The van der Waals surface area contributed by atoms with Crippen LogP contribution in [0.3, 0.4) is 0 Å². The molecule has 0 aliphatic carbocycles. The Labute approximate surface area is 189 Å². The third-order valence-corrected chi connectivity index (χ3v) is 6.02. The lowest BCUT2D eigenvalue weighted by Crippen LogP contribution is -2.13. The van der Waals surface area contributed by atoms with Crippen molar-refractivity contribution in [2.24, 2.45) is 5.10 Å². The number of nitro benzene ring substituents is 1. The summed E-state index contributed by atoms with van der Waals surface area (Å²) in [4.78, 5) is 10.6. The van der Waals surface area contributed by atoms with Gasteiger partial charge in [0.25, 0.3) is 15.7 Å². The van der Waals surface area contributed by atoms with Crippen molar-refractivity contribution in [3.63, 3.8) is 0 Å². The average Bonchev–Trinajstić information content (AvgIpc) is 2.77. The maximum Gasteiger partial charge on any atom is 0.295 e. The zero-order valence-electron chi connectivity index (χ0n) is 17.1. The molecule has 0 fully saturated rings. The highest BCUT2D eigenvalue weighted by Crippen LogP contribution is 2.29. The smallest absolute Gasteiger partial charge is 0.295 e. The van der Waals surface area contributed by atoms with Crippen molar-refractivity contribution in [1.29, 1.82) is 0 Å². The maximum atomic E-state index is 12.7. The molecule has 0 saturated carbocycles. The third kappa shape index (κ3) is 5.54. The van der Waals surface area contributed by atoms with Crippen LogP contribution < -0.4 is 14.9 Å². The van der Waals surface area contributed by atoms with Gasteiger partial charge in [-0.3, -0.25) is 20.3 Å². The summed E-state index contributed by atoms with van der Waals surface area (Å²) in [5.74, 6) is 0.688. The number of rotatable bonds is 8. The molecule has 32 heavy (non-hydrogen) atoms. The summed E-state index contributed by atoms with van der Waals surface area (Å²) in [6, 6.07) is 16.8. The number of halogens is 1. The largest absolute Gasteiger partial charge is 0.497 e. The fraction of sp³-hybridized carbons (Fsp3) is 0.0952. The summed E-state index contributed by atoms with van der Waals surface area (Å²) < 4.78 is 32.8. The summed E-state index contributed by atoms with van der Waals surface area (Å²) in [6.45, 7) is 1.73. The van der Waals surface area contributed by atoms with Crippen LogP contribution in [0.1, 0.15) is 12.5 Å². The van der Waals surface area contributed by atoms with Gasteiger partial charge in [-0.2, -0.15) is 5.10 Å². The van der Waals surface area contributed by atoms with Crippen LogP contribution in [-0.2, 0) is 10.0 Å². The maximum absolute atomic E-state index is 12.7. The van der Waals surface area contributed by atoms with Crippen LogP contribution >= 0.6 is 11.6 Å². The molecular weight excluding hydrogens is 456 g/mol. The molecule has 0 radical (unpaired) electrons. The average molecular weight is 475 g/mol. The summed E-state index contributed by atoms with van der Waals surface area (Å²) in [6.07, 6.45) is 0. The van der Waals surface area contributed by atoms with Gasteiger partial charge in [0.1, 0.15) is 11.4 Å². The van der Waals surface area contributed by atoms with Gasteiger partial charge >= 0.3 is 0 Å². The van der Waals surface area contributed by atoms with Crippen LogP contribution in [0.4, 0.5) is 17.1 Å². The molecule has 0 saturated heterocycles. The number of anilines is 2. The zero-order valence-corrected chi connectivity index (χ0v) is 18.6. The van der Waals surface area contributed by atoms with Crippen molar-refractivity contribution in [3.05, 3.63) is 87.4 Å². The van der Waals surface area contributed by atoms with E-state index < -0.39 is 20.6 Å². The summed E-state index contributed by atoms with van der Waals surface area (Å²) in [7, 11) is -2.51. The standard InChI is InChI=1S/C21H19ClN4O5S/c1-14(15-6-8-18(31-2)9-7-15)23-24-20-11-10-19(13-21(20)26(27)28)32(29,30)25-17-5-3-4-16(22)12-17/h3-13,24-25H,1-2H3. The van der Waals surface area contributed by atoms with E-state index in [0.29, 0.717) is 16.5 Å². The number of methoxy groups -OCH3 is 1. The van der Waals surface area contributed by atoms with E-state index in [1.54, 1.807) is 50.4 Å². The number of nitrogens with one attached hydrogen (secondary N) is 2. The van der Waals surface area contributed by atoms with Crippen LogP contribution in [0.25, 0.3) is 0 Å². The van der Waals surface area contributed by atoms with E-state index in [4.69, 9.17) is 16.3 Å². The van der Waals surface area contributed by atoms with Crippen molar-refractivity contribution in [2.45, 2.75) is 11.8 Å². The lowest BCUT2D eigenvalue weighted by atomic mass is 10.1. The highest BCUT2D eigenvalue weighted by Gasteiger charge is 2.22. The van der Waals surface area contributed by atoms with Crippen molar-refractivity contribution in [3.8, 4) is 5.75 Å². The zero-order chi connectivity index (χ0) is 23.3. The molecule has 0 heterocycles. The van der Waals surface area contributed by atoms with Crippen molar-refractivity contribution < 1.29 is 18.1 Å². The van der Waals surface area contributed by atoms with E-state index >= 15 is 0 Å². The number of nitro groups is 1. The Bertz CT molecular complexity index is 1280. The van der Waals surface area contributed by atoms with E-state index in [9.17, 15) is 18.5 Å². The van der Waals surface area contributed by atoms with Crippen LogP contribution in [0.15, 0.2) is 76.7 Å². The third-order valence-electron chi connectivity index (χ3n) is 4.40. The molecule has 0 aliphatic heterocycles. The first-order valence-corrected chi connectivity index (χ1v) is 11.1. The Morgan fingerprint density at radius 3 is 2.44 bits per heavy atom. The molecule has 0 bridgehead atoms. The Hall–Kier alpha value is -3.63. The highest BCUT2D eigenvalue weighted by molar-refractivity contribution is 7.92. The van der Waals surface area contributed by atoms with Crippen LogP contribution in [0.5, 0.6) is 5.75 Å². The topological polar surface area (TPSA) is 123 Å². The van der Waals surface area contributed by atoms with Gasteiger partial charge in [0, 0.05) is 11.1 Å². The molecule has 0 spiro atoms. The second-order valence-electron chi connectivity index (χ2n) is 6.59. The molecule has 3 rings (SSSR count). The summed E-state index contributed by atoms with van der Waals surface area (Å²) in [5.41, 5.74) is 3.84. The fourth-order valence-electron chi connectivity index (χ4n) is 2.73. The quantitative estimate of drug-likeness (QED) is 0.272. The molecule has 0 aliphatic rings. The van der Waals surface area contributed by atoms with Crippen molar-refractivity contribution >= 4 is 44.4 Å². The van der Waals surface area contributed by atoms with Crippen LogP contribution in [-0.4, -0.2) is 26.2 Å². The lowest BCUT2D eigenvalue weighted by Gasteiger charge is -2.10. The van der Waals surface area contributed by atoms with E-state index in [0.717, 1.165) is 11.6 Å². The number of hydrogen-bond acceptors (Lipinski definition) is 7. The van der Waals surface area contributed by atoms with Gasteiger partial charge in [0.15, 0.2) is 0 Å². The molecule has 3 aromatic carbocycles. The van der Waals surface area contributed by atoms with Gasteiger partial charge in [0.05, 0.1) is 28.3 Å². The molecule has 2 N–H and O–H groups in total. The highest BCUT2D eigenvalue weighted by atomic mass is 35.5. The minimum atomic E-state index is -4.07. The summed E-state index contributed by atoms with van der Waals surface area (Å²) >= 11 is 5.88. The molecule has 11 heteroatoms. The SMILES string of the molecule is COc1ccc(C(C)=NNc2ccc(S(=O)(=O)Nc3cccc(Cl)c3)cc2[N+](=O)[O-])cc1. The predicted octanol–water partition coefficient (Wildman–Crippen LogP) is 4.89. The van der Waals surface area contributed by atoms with Crippen molar-refractivity contribution in [2.75, 3.05) is 17.3 Å². The normalized spacial score (nSPS) is 11.7. The Morgan fingerprint density at radius 1 is 1.09 bits per heavy atom. The van der Waals surface area contributed by atoms with E-state index in [1.807, 2.05) is 0 Å². The number of ether oxygens (including phenoxy) is 1. The molecule has 3 aromatic rings. The number of sulfonamides is 1. The Morgan fingerprint density at radius 2 is 1.81 bits per heavy atom. The van der Waals surface area contributed by atoms with E-state index in [-0.39, 0.29) is 16.3 Å². The predicted molar refractivity (Wildman–Crippen MR) is 124 cm³/mol. The minimum absolute atomic E-state index is 0.0459. The van der Waals surface area contributed by atoms with Gasteiger partial charge in [-0.25, -0.2) is 8.42 Å². The first kappa shape index (κ1) is 23.0. The van der Waals surface area contributed by atoms with Gasteiger partial charge in [-0.05, 0) is 67.1 Å². The molecule has 0 amide bonds. The molecular formula is C21H19ClN4O5S. The van der Waals surface area contributed by atoms with Gasteiger partial charge in [0.2, 0.25) is 0 Å². The van der Waals surface area contributed by atoms with Crippen molar-refractivity contribution in [1.82, 2.24) is 0 Å². The Balaban J connectivity index is 1.86. The molecule has 0 unspecified atom stereocenters. The van der Waals surface area contributed by atoms with Crippen LogP contribution in [0, 0.1) is 10.1 Å². The number of benzene rings is 3. The first-order chi connectivity index (χ1) is 15.2. The molecule has 9 nitrogen and oxygen atoms in total. The van der Waals surface area contributed by atoms with Gasteiger partial charge in [-0.1, -0.05) is 17.7 Å². The monoisotopic (exact) mass is 474 g/mol. The number of hydrazone groups is 1. The fourth-order valence-corrected chi connectivity index (χ4v) is 3.99. The first-order valence-electron chi connectivity index (χ1n) is 9.21. The van der Waals surface area contributed by atoms with Crippen LogP contribution in [0.2, 0.25) is 5.02 Å². The minimum Gasteiger partial charge on any atom is -0.497 e. The second kappa shape index (κ2) is 9.67. The summed E-state index contributed by atoms with van der Waals surface area (Å²) in [5, 5.41) is 16.1. The van der Waals surface area contributed by atoms with E-state index in [2.05, 4.69) is 15.2 Å². The van der Waals surface area contributed by atoms with E-state index in [1.165, 1.54) is 24.3 Å². The number of hydrogen-bond donors (Lipinski definition) is 2. The van der Waals surface area contributed by atoms with Gasteiger partial charge < -0.3 is 4.74 Å². The second-order valence-corrected chi connectivity index (χ2v) is 8.71. The van der Waals surface area contributed by atoms with Gasteiger partial charge in [-0.15, -0.1) is 0 Å². The molecule has 166 valence electrons. The molecule has 0 aromatic heterocycles. The molecule has 0 atom stereocenters.